The highest BCUT2D eigenvalue weighted by atomic mass is 32.2. The predicted octanol–water partition coefficient (Wildman–Crippen LogP) is 2.20. The van der Waals surface area contributed by atoms with Crippen molar-refractivity contribution in [2.75, 3.05) is 13.2 Å². The van der Waals surface area contributed by atoms with E-state index >= 15 is 0 Å². The van der Waals surface area contributed by atoms with Crippen molar-refractivity contribution in [3.8, 4) is 5.69 Å². The number of nitrogens with zero attached hydrogens (tertiary/aromatic N) is 4. The van der Waals surface area contributed by atoms with Gasteiger partial charge in [-0.3, -0.25) is 24.6 Å². The van der Waals surface area contributed by atoms with Crippen LogP contribution in [0.25, 0.3) is 11.8 Å². The van der Waals surface area contributed by atoms with Gasteiger partial charge in [0.05, 0.1) is 21.2 Å². The minimum Gasteiger partial charge on any atom is -0.396 e. The molecule has 1 N–H and O–H groups in total. The number of aromatic nitrogens is 2. The van der Waals surface area contributed by atoms with E-state index in [9.17, 15) is 19.7 Å². The van der Waals surface area contributed by atoms with Crippen molar-refractivity contribution >= 4 is 34.7 Å². The molecule has 134 valence electrons. The number of hydrogen-bond acceptors (Lipinski definition) is 7. The van der Waals surface area contributed by atoms with Crippen molar-refractivity contribution < 1.29 is 19.6 Å². The number of non-ortho nitro benzene ring substituents is 1. The lowest BCUT2D eigenvalue weighted by atomic mass is 10.3. The van der Waals surface area contributed by atoms with E-state index in [-0.39, 0.29) is 29.0 Å². The zero-order valence-corrected chi connectivity index (χ0v) is 14.3. The summed E-state index contributed by atoms with van der Waals surface area (Å²) in [5.74, 6) is -0.404. The molecule has 0 radical (unpaired) electrons. The van der Waals surface area contributed by atoms with Gasteiger partial charge in [0.25, 0.3) is 16.8 Å². The highest BCUT2D eigenvalue weighted by Gasteiger charge is 2.34. The molecule has 2 amide bonds. The zero-order chi connectivity index (χ0) is 18.7. The molecule has 1 saturated heterocycles. The number of hydrogen-bond donors (Lipinski definition) is 1. The van der Waals surface area contributed by atoms with Gasteiger partial charge in [0.2, 0.25) is 0 Å². The van der Waals surface area contributed by atoms with Gasteiger partial charge in [0, 0.05) is 31.5 Å². The fourth-order valence-electron chi connectivity index (χ4n) is 2.34. The average Bonchev–Trinajstić information content (AvgIpc) is 3.19. The Bertz CT molecular complexity index is 890. The van der Waals surface area contributed by atoms with Gasteiger partial charge in [-0.1, -0.05) is 0 Å². The van der Waals surface area contributed by atoms with E-state index in [4.69, 9.17) is 5.11 Å². The number of rotatable bonds is 6. The number of nitro groups is 1. The minimum atomic E-state index is -0.481. The van der Waals surface area contributed by atoms with Crippen LogP contribution in [0.15, 0.2) is 41.4 Å². The number of thioether (sulfide) groups is 1. The second-order valence-electron chi connectivity index (χ2n) is 5.37. The maximum absolute atomic E-state index is 12.2. The van der Waals surface area contributed by atoms with Crippen LogP contribution in [-0.4, -0.2) is 49.0 Å². The fraction of sp³-hybridized carbons (Fsp3) is 0.188. The summed E-state index contributed by atoms with van der Waals surface area (Å²) < 4.78 is 1.52. The van der Waals surface area contributed by atoms with E-state index in [1.807, 2.05) is 0 Å². The summed E-state index contributed by atoms with van der Waals surface area (Å²) in [6, 6.07) is 7.56. The van der Waals surface area contributed by atoms with E-state index in [0.29, 0.717) is 17.8 Å². The lowest BCUT2D eigenvalue weighted by molar-refractivity contribution is -0.384. The van der Waals surface area contributed by atoms with Gasteiger partial charge in [-0.05, 0) is 42.5 Å². The summed E-state index contributed by atoms with van der Waals surface area (Å²) in [6.45, 7) is 0.0795. The van der Waals surface area contributed by atoms with E-state index in [0.717, 1.165) is 16.7 Å². The van der Waals surface area contributed by atoms with Gasteiger partial charge < -0.3 is 5.11 Å². The van der Waals surface area contributed by atoms with Crippen molar-refractivity contribution in [1.82, 2.24) is 14.7 Å². The zero-order valence-electron chi connectivity index (χ0n) is 13.4. The molecule has 0 bridgehead atoms. The molecular weight excluding hydrogens is 360 g/mol. The maximum atomic E-state index is 12.2. The summed E-state index contributed by atoms with van der Waals surface area (Å²) in [5.41, 5.74) is 1.10. The normalized spacial score (nSPS) is 15.9. The Balaban J connectivity index is 1.78. The van der Waals surface area contributed by atoms with Crippen LogP contribution < -0.4 is 0 Å². The Labute approximate surface area is 152 Å². The molecule has 1 fully saturated rings. The summed E-state index contributed by atoms with van der Waals surface area (Å²) >= 11 is 0.830. The van der Waals surface area contributed by atoms with Crippen LogP contribution in [0.3, 0.4) is 0 Å². The van der Waals surface area contributed by atoms with Crippen LogP contribution in [0.1, 0.15) is 12.1 Å². The summed E-state index contributed by atoms with van der Waals surface area (Å²) in [7, 11) is 0. The predicted molar refractivity (Wildman–Crippen MR) is 94.6 cm³/mol. The molecule has 0 atom stereocenters. The lowest BCUT2D eigenvalue weighted by Crippen LogP contribution is -2.29. The monoisotopic (exact) mass is 374 g/mol. The minimum absolute atomic E-state index is 0.0160. The van der Waals surface area contributed by atoms with E-state index in [1.165, 1.54) is 22.9 Å². The van der Waals surface area contributed by atoms with Crippen LogP contribution in [-0.2, 0) is 4.79 Å². The third-order valence-electron chi connectivity index (χ3n) is 3.63. The third-order valence-corrected chi connectivity index (χ3v) is 4.53. The first-order valence-electron chi connectivity index (χ1n) is 7.66. The summed E-state index contributed by atoms with van der Waals surface area (Å²) in [5, 5.41) is 23.5. The van der Waals surface area contributed by atoms with Crippen LogP contribution in [0.2, 0.25) is 0 Å². The average molecular weight is 374 g/mol. The fourth-order valence-corrected chi connectivity index (χ4v) is 3.19. The number of nitro benzene ring substituents is 1. The second kappa shape index (κ2) is 7.50. The molecule has 1 aromatic carbocycles. The smallest absolute Gasteiger partial charge is 0.293 e. The number of aliphatic hydroxyl groups is 1. The first kappa shape index (κ1) is 17.8. The van der Waals surface area contributed by atoms with Crippen molar-refractivity contribution in [3.63, 3.8) is 0 Å². The first-order valence-corrected chi connectivity index (χ1v) is 8.48. The van der Waals surface area contributed by atoms with Crippen LogP contribution in [0, 0.1) is 10.1 Å². The molecule has 9 nitrogen and oxygen atoms in total. The van der Waals surface area contributed by atoms with Crippen molar-refractivity contribution in [2.24, 2.45) is 0 Å². The summed E-state index contributed by atoms with van der Waals surface area (Å²) in [6.07, 6.45) is 3.51. The maximum Gasteiger partial charge on any atom is 0.293 e. The molecule has 2 aromatic rings. The molecule has 3 rings (SSSR count). The number of amides is 2. The standard InChI is InChI=1S/C16H14N4O5S/c21-9-1-7-18-15(22)14(26-16(18)23)10-11-6-8-19(17-11)12-2-4-13(5-3-12)20(24)25/h2-6,8,10,21H,1,7,9H2/b14-10-. The highest BCUT2D eigenvalue weighted by Crippen LogP contribution is 2.32. The van der Waals surface area contributed by atoms with Gasteiger partial charge >= 0.3 is 0 Å². The number of aliphatic hydroxyl groups excluding tert-OH is 1. The molecule has 10 heteroatoms. The Hall–Kier alpha value is -2.98. The van der Waals surface area contributed by atoms with Gasteiger partial charge in [-0.25, -0.2) is 4.68 Å². The summed E-state index contributed by atoms with van der Waals surface area (Å²) in [4.78, 5) is 35.7. The van der Waals surface area contributed by atoms with Crippen LogP contribution >= 0.6 is 11.8 Å². The Kier molecular flexibility index (Phi) is 5.14. The molecule has 2 heterocycles. The molecule has 0 spiro atoms. The largest absolute Gasteiger partial charge is 0.396 e. The molecule has 1 aliphatic heterocycles. The second-order valence-corrected chi connectivity index (χ2v) is 6.36. The van der Waals surface area contributed by atoms with Gasteiger partial charge in [-0.2, -0.15) is 5.10 Å². The third kappa shape index (κ3) is 3.65. The Morgan fingerprint density at radius 1 is 1.23 bits per heavy atom. The molecular formula is C16H14N4O5S. The van der Waals surface area contributed by atoms with Crippen molar-refractivity contribution in [3.05, 3.63) is 57.2 Å². The van der Waals surface area contributed by atoms with Gasteiger partial charge in [-0.15, -0.1) is 0 Å². The van der Waals surface area contributed by atoms with Gasteiger partial charge in [0.1, 0.15) is 0 Å². The molecule has 26 heavy (non-hydrogen) atoms. The number of imide groups is 1. The van der Waals surface area contributed by atoms with Crippen LogP contribution in [0.5, 0.6) is 0 Å². The first-order chi connectivity index (χ1) is 12.5. The van der Waals surface area contributed by atoms with E-state index in [1.54, 1.807) is 24.4 Å². The Morgan fingerprint density at radius 2 is 1.96 bits per heavy atom. The Morgan fingerprint density at radius 3 is 2.62 bits per heavy atom. The van der Waals surface area contributed by atoms with Crippen molar-refractivity contribution in [1.29, 1.82) is 0 Å². The lowest BCUT2D eigenvalue weighted by Gasteiger charge is -2.10. The molecule has 0 unspecified atom stereocenters. The molecule has 0 saturated carbocycles. The number of carbonyl (C=O) groups is 2. The van der Waals surface area contributed by atoms with Gasteiger partial charge in [0.15, 0.2) is 0 Å². The van der Waals surface area contributed by atoms with E-state index < -0.39 is 10.8 Å². The van der Waals surface area contributed by atoms with Crippen molar-refractivity contribution in [2.45, 2.75) is 6.42 Å². The number of benzene rings is 1. The van der Waals surface area contributed by atoms with Crippen LogP contribution in [0.4, 0.5) is 10.5 Å². The molecule has 1 aromatic heterocycles. The molecule has 1 aliphatic rings. The SMILES string of the molecule is O=C1S/C(=C\c2ccn(-c3ccc([N+](=O)[O-])cc3)n2)C(=O)N1CCCO. The molecule has 0 aliphatic carbocycles. The van der Waals surface area contributed by atoms with E-state index in [2.05, 4.69) is 5.10 Å². The number of carbonyl (C=O) groups excluding carboxylic acids is 2. The topological polar surface area (TPSA) is 119 Å². The quantitative estimate of drug-likeness (QED) is 0.468. The highest BCUT2D eigenvalue weighted by molar-refractivity contribution is 8.18.